The molecule has 2 heterocycles. The maximum absolute atomic E-state index is 12.8. The summed E-state index contributed by atoms with van der Waals surface area (Å²) in [7, 11) is 0. The second-order valence-corrected chi connectivity index (χ2v) is 6.31. The largest absolute Gasteiger partial charge is 0.444 e. The van der Waals surface area contributed by atoms with E-state index in [4.69, 9.17) is 4.74 Å². The van der Waals surface area contributed by atoms with Gasteiger partial charge in [0.15, 0.2) is 0 Å². The molecule has 2 amide bonds. The van der Waals surface area contributed by atoms with Crippen molar-refractivity contribution < 1.29 is 18.7 Å². The van der Waals surface area contributed by atoms with Crippen LogP contribution in [0.15, 0.2) is 18.3 Å². The topological polar surface area (TPSA) is 83.6 Å². The zero-order chi connectivity index (χ0) is 17.0. The van der Waals surface area contributed by atoms with Crippen LogP contribution in [0.5, 0.6) is 0 Å². The van der Waals surface area contributed by atoms with Gasteiger partial charge in [-0.05, 0) is 45.7 Å². The van der Waals surface area contributed by atoms with Crippen molar-refractivity contribution in [2.24, 2.45) is 0 Å². The fourth-order valence-electron chi connectivity index (χ4n) is 2.24. The third-order valence-corrected chi connectivity index (χ3v) is 3.22. The first-order valence-electron chi connectivity index (χ1n) is 7.43. The molecule has 0 radical (unpaired) electrons. The van der Waals surface area contributed by atoms with E-state index >= 15 is 0 Å². The average Bonchev–Trinajstić information content (AvgIpc) is 2.94. The molecule has 1 saturated heterocycles. The van der Waals surface area contributed by atoms with Crippen LogP contribution in [0, 0.1) is 5.82 Å². The van der Waals surface area contributed by atoms with Crippen molar-refractivity contribution >= 4 is 17.8 Å². The lowest BCUT2D eigenvalue weighted by molar-refractivity contribution is -0.125. The van der Waals surface area contributed by atoms with Gasteiger partial charge in [0.2, 0.25) is 0 Å². The van der Waals surface area contributed by atoms with Gasteiger partial charge >= 0.3 is 6.09 Å². The molecule has 1 fully saturated rings. The van der Waals surface area contributed by atoms with E-state index in [0.29, 0.717) is 18.8 Å². The number of anilines is 1. The van der Waals surface area contributed by atoms with Crippen LogP contribution in [0.4, 0.5) is 15.0 Å². The molecule has 7 nitrogen and oxygen atoms in total. The molecule has 2 rings (SSSR count). The predicted molar refractivity (Wildman–Crippen MR) is 81.9 cm³/mol. The fourth-order valence-corrected chi connectivity index (χ4v) is 2.24. The molecule has 1 aliphatic heterocycles. The number of halogens is 1. The van der Waals surface area contributed by atoms with Gasteiger partial charge in [-0.1, -0.05) is 0 Å². The summed E-state index contributed by atoms with van der Waals surface area (Å²) in [5.74, 6) is -0.519. The third-order valence-electron chi connectivity index (χ3n) is 3.22. The van der Waals surface area contributed by atoms with Gasteiger partial charge in [0.05, 0.1) is 6.20 Å². The Hall–Kier alpha value is -2.38. The highest BCUT2D eigenvalue weighted by Gasteiger charge is 2.36. The Labute approximate surface area is 134 Å². The monoisotopic (exact) mass is 324 g/mol. The number of hydrazine groups is 1. The molecule has 0 saturated carbocycles. The summed E-state index contributed by atoms with van der Waals surface area (Å²) >= 11 is 0. The normalized spacial score (nSPS) is 17.7. The van der Waals surface area contributed by atoms with E-state index < -0.39 is 23.6 Å². The summed E-state index contributed by atoms with van der Waals surface area (Å²) < 4.78 is 18.1. The van der Waals surface area contributed by atoms with E-state index in [-0.39, 0.29) is 5.91 Å². The maximum atomic E-state index is 12.8. The highest BCUT2D eigenvalue weighted by atomic mass is 19.1. The molecule has 0 bridgehead atoms. The minimum Gasteiger partial charge on any atom is -0.444 e. The highest BCUT2D eigenvalue weighted by Crippen LogP contribution is 2.21. The number of nitrogens with zero attached hydrogens (tertiary/aromatic N) is 2. The third kappa shape index (κ3) is 4.80. The van der Waals surface area contributed by atoms with E-state index in [1.54, 1.807) is 20.8 Å². The Bertz CT molecular complexity index is 571. The van der Waals surface area contributed by atoms with Crippen LogP contribution in [-0.2, 0) is 9.53 Å². The molecule has 8 heteroatoms. The Balaban J connectivity index is 1.92. The molecule has 0 aromatic carbocycles. The van der Waals surface area contributed by atoms with E-state index in [0.717, 1.165) is 12.6 Å². The fraction of sp³-hybridized carbons (Fsp3) is 0.533. The number of aromatic nitrogens is 1. The predicted octanol–water partition coefficient (Wildman–Crippen LogP) is 2.06. The number of pyridine rings is 1. The first-order chi connectivity index (χ1) is 10.8. The number of amides is 2. The summed E-state index contributed by atoms with van der Waals surface area (Å²) in [6.45, 7) is 5.80. The molecule has 126 valence electrons. The smallest absolute Gasteiger partial charge is 0.410 e. The van der Waals surface area contributed by atoms with Gasteiger partial charge in [0.1, 0.15) is 23.3 Å². The van der Waals surface area contributed by atoms with Crippen molar-refractivity contribution in [3.05, 3.63) is 24.1 Å². The number of hydrogen-bond acceptors (Lipinski definition) is 5. The van der Waals surface area contributed by atoms with Gasteiger partial charge in [0, 0.05) is 6.54 Å². The second-order valence-electron chi connectivity index (χ2n) is 6.31. The molecule has 0 unspecified atom stereocenters. The molecule has 0 spiro atoms. The maximum Gasteiger partial charge on any atom is 0.410 e. The lowest BCUT2D eigenvalue weighted by Gasteiger charge is -2.28. The number of ether oxygens (including phenoxy) is 1. The lowest BCUT2D eigenvalue weighted by atomic mass is 10.2. The number of hydrogen-bond donors (Lipinski definition) is 2. The number of carbonyl (C=O) groups is 2. The van der Waals surface area contributed by atoms with Crippen LogP contribution < -0.4 is 10.9 Å². The van der Waals surface area contributed by atoms with Gasteiger partial charge in [-0.25, -0.2) is 14.2 Å². The number of likely N-dealkylation sites (tertiary alicyclic amines) is 1. The van der Waals surface area contributed by atoms with Gasteiger partial charge in [0.25, 0.3) is 5.91 Å². The van der Waals surface area contributed by atoms with E-state index in [1.807, 2.05) is 0 Å². The molecule has 1 aromatic heterocycles. The van der Waals surface area contributed by atoms with Crippen molar-refractivity contribution in [3.8, 4) is 0 Å². The Morgan fingerprint density at radius 2 is 2.13 bits per heavy atom. The van der Waals surface area contributed by atoms with Crippen molar-refractivity contribution in [3.63, 3.8) is 0 Å². The first-order valence-corrected chi connectivity index (χ1v) is 7.43. The summed E-state index contributed by atoms with van der Waals surface area (Å²) in [5, 5.41) is 0. The molecule has 1 atom stereocenters. The van der Waals surface area contributed by atoms with E-state index in [1.165, 1.54) is 17.0 Å². The molecule has 0 aliphatic carbocycles. The molecular formula is C15H21FN4O3. The van der Waals surface area contributed by atoms with Crippen LogP contribution in [0.2, 0.25) is 0 Å². The van der Waals surface area contributed by atoms with Gasteiger partial charge < -0.3 is 4.74 Å². The number of nitrogens with one attached hydrogen (secondary N) is 2. The van der Waals surface area contributed by atoms with Gasteiger partial charge in [-0.3, -0.25) is 20.5 Å². The molecular weight excluding hydrogens is 303 g/mol. The van der Waals surface area contributed by atoms with Crippen molar-refractivity contribution in [2.45, 2.75) is 45.3 Å². The van der Waals surface area contributed by atoms with Gasteiger partial charge in [-0.15, -0.1) is 0 Å². The zero-order valence-electron chi connectivity index (χ0n) is 13.4. The van der Waals surface area contributed by atoms with Crippen LogP contribution >= 0.6 is 0 Å². The second kappa shape index (κ2) is 6.80. The molecule has 1 aromatic rings. The van der Waals surface area contributed by atoms with E-state index in [9.17, 15) is 14.0 Å². The van der Waals surface area contributed by atoms with Crippen molar-refractivity contribution in [1.82, 2.24) is 15.3 Å². The highest BCUT2D eigenvalue weighted by molar-refractivity contribution is 5.86. The molecule has 1 aliphatic rings. The SMILES string of the molecule is CC(C)(C)OC(=O)N1CCC[C@H]1C(=O)NNc1ccc(F)cn1. The van der Waals surface area contributed by atoms with Crippen LogP contribution in [0.3, 0.4) is 0 Å². The minimum absolute atomic E-state index is 0.307. The van der Waals surface area contributed by atoms with Crippen LogP contribution in [0.1, 0.15) is 33.6 Å². The van der Waals surface area contributed by atoms with Crippen molar-refractivity contribution in [2.75, 3.05) is 12.0 Å². The van der Waals surface area contributed by atoms with Crippen LogP contribution in [-0.4, -0.2) is 40.1 Å². The summed E-state index contributed by atoms with van der Waals surface area (Å²) in [5.41, 5.74) is 4.47. The first kappa shape index (κ1) is 17.0. The van der Waals surface area contributed by atoms with Crippen LogP contribution in [0.25, 0.3) is 0 Å². The summed E-state index contributed by atoms with van der Waals surface area (Å²) in [4.78, 5) is 29.6. The summed E-state index contributed by atoms with van der Waals surface area (Å²) in [6, 6.07) is 2.03. The summed E-state index contributed by atoms with van der Waals surface area (Å²) in [6.07, 6.45) is 1.82. The zero-order valence-corrected chi connectivity index (χ0v) is 13.4. The van der Waals surface area contributed by atoms with Crippen molar-refractivity contribution in [1.29, 1.82) is 0 Å². The Kier molecular flexibility index (Phi) is 5.02. The number of rotatable bonds is 3. The average molecular weight is 324 g/mol. The molecule has 2 N–H and O–H groups in total. The lowest BCUT2D eigenvalue weighted by Crippen LogP contribution is -2.48. The standard InChI is InChI=1S/C15H21FN4O3/c1-15(2,3)23-14(22)20-8-4-5-11(20)13(21)19-18-12-7-6-10(16)9-17-12/h6-7,9,11H,4-5,8H2,1-3H3,(H,17,18)(H,19,21)/t11-/m0/s1. The Morgan fingerprint density at radius 1 is 1.39 bits per heavy atom. The quantitative estimate of drug-likeness (QED) is 0.832. The van der Waals surface area contributed by atoms with E-state index in [2.05, 4.69) is 15.8 Å². The number of carbonyl (C=O) groups excluding carboxylic acids is 2. The Morgan fingerprint density at radius 3 is 2.74 bits per heavy atom. The molecule has 23 heavy (non-hydrogen) atoms. The minimum atomic E-state index is -0.614. The van der Waals surface area contributed by atoms with Gasteiger partial charge in [-0.2, -0.15) is 0 Å².